The number of hydrogen-bond donors (Lipinski definition) is 0. The molecule has 2 atom stereocenters. The number of hydrogen-bond acceptors (Lipinski definition) is 3. The molecule has 0 aliphatic carbocycles. The number of benzene rings is 2. The van der Waals surface area contributed by atoms with Crippen molar-refractivity contribution in [1.82, 2.24) is 4.90 Å². The number of carbonyl (C=O) groups excluding carboxylic acids is 2. The minimum absolute atomic E-state index is 0.172. The number of nitrogens with zero attached hydrogens (tertiary/aromatic N) is 1. The Morgan fingerprint density at radius 3 is 2.27 bits per heavy atom. The van der Waals surface area contributed by atoms with Crippen LogP contribution in [-0.2, 0) is 22.4 Å². The second kappa shape index (κ2) is 9.89. The first-order valence-corrected chi connectivity index (χ1v) is 14.3. The van der Waals surface area contributed by atoms with E-state index in [0.717, 1.165) is 17.2 Å². The Hall–Kier alpha value is -2.66. The second-order valence-corrected chi connectivity index (χ2v) is 14.6. The Bertz CT molecular complexity index is 874. The predicted molar refractivity (Wildman–Crippen MR) is 123 cm³/mol. The Labute approximate surface area is 180 Å². The van der Waals surface area contributed by atoms with Gasteiger partial charge in [-0.05, 0) is 30.0 Å². The van der Waals surface area contributed by atoms with Crippen LogP contribution in [0.2, 0.25) is 25.7 Å². The maximum Gasteiger partial charge on any atom is 0.417 e. The van der Waals surface area contributed by atoms with Crippen molar-refractivity contribution in [1.29, 1.82) is 0 Å². The van der Waals surface area contributed by atoms with Gasteiger partial charge >= 0.3 is 6.09 Å². The summed E-state index contributed by atoms with van der Waals surface area (Å²) in [5.74, 6) is -0.554. The lowest BCUT2D eigenvalue weighted by atomic mass is 9.96. The summed E-state index contributed by atoms with van der Waals surface area (Å²) in [5.41, 5.74) is 2.17. The quantitative estimate of drug-likeness (QED) is 0.427. The van der Waals surface area contributed by atoms with Crippen molar-refractivity contribution in [2.24, 2.45) is 5.92 Å². The average Bonchev–Trinajstić information content (AvgIpc) is 3.07. The number of ether oxygens (including phenoxy) is 1. The molecule has 0 radical (unpaired) electrons. The number of carbonyl (C=O) groups is 2. The van der Waals surface area contributed by atoms with E-state index in [1.54, 1.807) is 0 Å². The smallest absolute Gasteiger partial charge is 0.417 e. The Morgan fingerprint density at radius 2 is 1.67 bits per heavy atom. The highest BCUT2D eigenvalue weighted by atomic mass is 28.3. The summed E-state index contributed by atoms with van der Waals surface area (Å²) >= 11 is 0. The van der Waals surface area contributed by atoms with Crippen LogP contribution in [0.4, 0.5) is 4.79 Å². The van der Waals surface area contributed by atoms with Gasteiger partial charge < -0.3 is 4.74 Å². The van der Waals surface area contributed by atoms with E-state index in [-0.39, 0.29) is 24.5 Å². The molecular formula is C25H31NO3Si. The van der Waals surface area contributed by atoms with Crippen LogP contribution in [-0.4, -0.2) is 37.6 Å². The molecule has 1 fully saturated rings. The van der Waals surface area contributed by atoms with E-state index < -0.39 is 14.2 Å². The van der Waals surface area contributed by atoms with Crippen molar-refractivity contribution < 1.29 is 14.3 Å². The van der Waals surface area contributed by atoms with Gasteiger partial charge in [0.25, 0.3) is 0 Å². The van der Waals surface area contributed by atoms with Crippen LogP contribution < -0.4 is 0 Å². The minimum Gasteiger partial charge on any atom is -0.447 e. The van der Waals surface area contributed by atoms with Crippen molar-refractivity contribution in [3.05, 3.63) is 83.9 Å². The highest BCUT2D eigenvalue weighted by Gasteiger charge is 2.40. The summed E-state index contributed by atoms with van der Waals surface area (Å²) in [4.78, 5) is 27.3. The van der Waals surface area contributed by atoms with Gasteiger partial charge in [0.2, 0.25) is 5.91 Å². The molecule has 2 aromatic rings. The average molecular weight is 422 g/mol. The monoisotopic (exact) mass is 421 g/mol. The molecule has 0 unspecified atom stereocenters. The molecule has 3 rings (SSSR count). The minimum atomic E-state index is -1.26. The normalized spacial score (nSPS) is 17.9. The standard InChI is InChI=1S/C25H31NO3Si/c1-30(2,3)16-10-15-22(17-20-11-6-4-7-12-20)24(27)26-23(19-29-25(26)28)18-21-13-8-5-9-14-21/h4-15,22-23H,16-19H2,1-3H3/t22-,23+/m0/s1. The molecule has 0 spiro atoms. The fraction of sp³-hybridized carbons (Fsp3) is 0.360. The summed E-state index contributed by atoms with van der Waals surface area (Å²) < 4.78 is 5.28. The zero-order chi connectivity index (χ0) is 21.6. The van der Waals surface area contributed by atoms with Crippen molar-refractivity contribution in [3.8, 4) is 0 Å². The molecule has 1 aliphatic rings. The van der Waals surface area contributed by atoms with Gasteiger partial charge in [0, 0.05) is 8.07 Å². The van der Waals surface area contributed by atoms with Gasteiger partial charge in [-0.3, -0.25) is 4.79 Å². The number of allylic oxidation sites excluding steroid dienone is 1. The number of rotatable bonds is 8. The highest BCUT2D eigenvalue weighted by molar-refractivity contribution is 6.76. The fourth-order valence-electron chi connectivity index (χ4n) is 3.64. The van der Waals surface area contributed by atoms with Crippen molar-refractivity contribution in [2.75, 3.05) is 6.61 Å². The molecule has 0 bridgehead atoms. The predicted octanol–water partition coefficient (Wildman–Crippen LogP) is 5.33. The third-order valence-electron chi connectivity index (χ3n) is 5.23. The second-order valence-electron chi connectivity index (χ2n) is 9.12. The largest absolute Gasteiger partial charge is 0.447 e. The van der Waals surface area contributed by atoms with E-state index >= 15 is 0 Å². The van der Waals surface area contributed by atoms with Crippen LogP contribution in [0, 0.1) is 5.92 Å². The summed E-state index contributed by atoms with van der Waals surface area (Å²) in [5, 5.41) is 0. The molecular weight excluding hydrogens is 390 g/mol. The van der Waals surface area contributed by atoms with Crippen molar-refractivity contribution in [2.45, 2.75) is 44.6 Å². The Balaban J connectivity index is 1.80. The van der Waals surface area contributed by atoms with Gasteiger partial charge in [0.1, 0.15) is 6.61 Å². The molecule has 30 heavy (non-hydrogen) atoms. The van der Waals surface area contributed by atoms with Gasteiger partial charge in [-0.25, -0.2) is 9.69 Å². The zero-order valence-electron chi connectivity index (χ0n) is 18.1. The van der Waals surface area contributed by atoms with Gasteiger partial charge in [0.15, 0.2) is 0 Å². The molecule has 5 heteroatoms. The first kappa shape index (κ1) is 22.0. The summed E-state index contributed by atoms with van der Waals surface area (Å²) in [7, 11) is -1.26. The van der Waals surface area contributed by atoms with Gasteiger partial charge in [0.05, 0.1) is 12.0 Å². The molecule has 1 aliphatic heterocycles. The number of imide groups is 1. The van der Waals surface area contributed by atoms with Gasteiger partial charge in [-0.15, -0.1) is 0 Å². The molecule has 1 heterocycles. The van der Waals surface area contributed by atoms with E-state index in [2.05, 4.69) is 25.7 Å². The topological polar surface area (TPSA) is 46.6 Å². The van der Waals surface area contributed by atoms with Gasteiger partial charge in [-0.1, -0.05) is 92.5 Å². The molecule has 0 N–H and O–H groups in total. The third kappa shape index (κ3) is 6.17. The highest BCUT2D eigenvalue weighted by Crippen LogP contribution is 2.23. The van der Waals surface area contributed by atoms with Crippen LogP contribution in [0.1, 0.15) is 11.1 Å². The van der Waals surface area contributed by atoms with E-state index in [9.17, 15) is 9.59 Å². The van der Waals surface area contributed by atoms with E-state index in [1.165, 1.54) is 4.90 Å². The van der Waals surface area contributed by atoms with Crippen LogP contribution >= 0.6 is 0 Å². The van der Waals surface area contributed by atoms with Crippen molar-refractivity contribution >= 4 is 20.1 Å². The lowest BCUT2D eigenvalue weighted by Gasteiger charge is -2.24. The molecule has 158 valence electrons. The van der Waals surface area contributed by atoms with Crippen molar-refractivity contribution in [3.63, 3.8) is 0 Å². The summed E-state index contributed by atoms with van der Waals surface area (Å²) in [6.45, 7) is 7.16. The first-order valence-electron chi connectivity index (χ1n) is 10.6. The maximum absolute atomic E-state index is 13.5. The number of cyclic esters (lactones) is 1. The van der Waals surface area contributed by atoms with E-state index in [0.29, 0.717) is 12.8 Å². The number of amides is 2. The molecule has 0 aromatic heterocycles. The maximum atomic E-state index is 13.5. The SMILES string of the molecule is C[Si](C)(C)CC=C[C@@H](Cc1ccccc1)C(=O)N1C(=O)OC[C@H]1Cc1ccccc1. The van der Waals surface area contributed by atoms with E-state index in [4.69, 9.17) is 4.74 Å². The Morgan fingerprint density at radius 1 is 1.07 bits per heavy atom. The van der Waals surface area contributed by atoms with Gasteiger partial charge in [-0.2, -0.15) is 0 Å². The molecule has 2 amide bonds. The molecule has 1 saturated heterocycles. The van der Waals surface area contributed by atoms with E-state index in [1.807, 2.05) is 66.7 Å². The van der Waals surface area contributed by atoms with Crippen LogP contribution in [0.3, 0.4) is 0 Å². The summed E-state index contributed by atoms with van der Waals surface area (Å²) in [6.07, 6.45) is 4.78. The molecule has 2 aromatic carbocycles. The first-order chi connectivity index (χ1) is 14.3. The lowest BCUT2D eigenvalue weighted by Crippen LogP contribution is -2.43. The van der Waals surface area contributed by atoms with Crippen LogP contribution in [0.15, 0.2) is 72.8 Å². The lowest BCUT2D eigenvalue weighted by molar-refractivity contribution is -0.131. The third-order valence-corrected chi connectivity index (χ3v) is 6.69. The molecule has 0 saturated carbocycles. The fourth-order valence-corrected chi connectivity index (χ4v) is 4.48. The summed E-state index contributed by atoms with van der Waals surface area (Å²) in [6, 6.07) is 20.6. The van der Waals surface area contributed by atoms with Crippen LogP contribution in [0.5, 0.6) is 0 Å². The van der Waals surface area contributed by atoms with Crippen LogP contribution in [0.25, 0.3) is 0 Å². The Kier molecular flexibility index (Phi) is 7.27. The molecule has 4 nitrogen and oxygen atoms in total. The zero-order valence-corrected chi connectivity index (χ0v) is 19.1.